The molecule has 2 aromatic rings. The van der Waals surface area contributed by atoms with Crippen molar-refractivity contribution in [2.24, 2.45) is 0 Å². The van der Waals surface area contributed by atoms with E-state index in [2.05, 4.69) is 10.4 Å². The van der Waals surface area contributed by atoms with Crippen LogP contribution in [0.15, 0.2) is 18.3 Å². The zero-order valence-electron chi connectivity index (χ0n) is 10.5. The molecule has 20 heavy (non-hydrogen) atoms. The van der Waals surface area contributed by atoms with E-state index in [0.29, 0.717) is 27.1 Å². The van der Waals surface area contributed by atoms with Crippen LogP contribution in [0, 0.1) is 6.92 Å². The number of benzene rings is 1. The molecule has 0 saturated carbocycles. The van der Waals surface area contributed by atoms with Crippen LogP contribution in [-0.4, -0.2) is 15.7 Å². The van der Waals surface area contributed by atoms with Gasteiger partial charge < -0.3 is 11.1 Å². The van der Waals surface area contributed by atoms with E-state index in [9.17, 15) is 4.79 Å². The molecule has 1 aromatic carbocycles. The first-order valence-corrected chi connectivity index (χ1v) is 6.74. The number of nitrogen functional groups attached to an aromatic ring is 1. The highest BCUT2D eigenvalue weighted by Gasteiger charge is 2.13. The molecular formula is C12H11Cl3N4O. The normalized spacial score (nSPS) is 10.6. The first-order chi connectivity index (χ1) is 9.38. The molecule has 2 rings (SSSR count). The van der Waals surface area contributed by atoms with Gasteiger partial charge >= 0.3 is 0 Å². The second-order valence-corrected chi connectivity index (χ2v) is 5.39. The first kappa shape index (κ1) is 15.0. The molecule has 0 aliphatic rings. The lowest BCUT2D eigenvalue weighted by Gasteiger charge is -2.11. The number of nitrogens with one attached hydrogen (secondary N) is 1. The topological polar surface area (TPSA) is 72.9 Å². The van der Waals surface area contributed by atoms with Crippen LogP contribution in [0.1, 0.15) is 5.69 Å². The minimum Gasteiger partial charge on any atom is -0.397 e. The fourth-order valence-electron chi connectivity index (χ4n) is 1.62. The van der Waals surface area contributed by atoms with E-state index in [0.717, 1.165) is 0 Å². The lowest BCUT2D eigenvalue weighted by molar-refractivity contribution is -0.116. The average Bonchev–Trinajstić information content (AvgIpc) is 2.66. The van der Waals surface area contributed by atoms with Crippen molar-refractivity contribution in [3.8, 4) is 0 Å². The third kappa shape index (κ3) is 3.17. The molecule has 0 aliphatic heterocycles. The Bertz CT molecular complexity index is 646. The van der Waals surface area contributed by atoms with Gasteiger partial charge in [0.1, 0.15) is 6.54 Å². The predicted octanol–water partition coefficient (Wildman–Crippen LogP) is 3.37. The highest BCUT2D eigenvalue weighted by molar-refractivity contribution is 6.37. The van der Waals surface area contributed by atoms with Gasteiger partial charge in [-0.1, -0.05) is 34.8 Å². The van der Waals surface area contributed by atoms with Crippen molar-refractivity contribution < 1.29 is 4.79 Å². The Morgan fingerprint density at radius 2 is 2.05 bits per heavy atom. The van der Waals surface area contributed by atoms with Gasteiger partial charge in [0.15, 0.2) is 0 Å². The van der Waals surface area contributed by atoms with Crippen molar-refractivity contribution in [1.29, 1.82) is 0 Å². The van der Waals surface area contributed by atoms with Crippen LogP contribution in [0.4, 0.5) is 11.4 Å². The third-order valence-electron chi connectivity index (χ3n) is 2.69. The van der Waals surface area contributed by atoms with E-state index in [-0.39, 0.29) is 17.5 Å². The fourth-order valence-corrected chi connectivity index (χ4v) is 2.32. The number of hydrogen-bond acceptors (Lipinski definition) is 3. The molecule has 1 aromatic heterocycles. The summed E-state index contributed by atoms with van der Waals surface area (Å²) in [4.78, 5) is 12.0. The number of nitrogens with two attached hydrogens (primary N) is 1. The van der Waals surface area contributed by atoms with Crippen molar-refractivity contribution in [3.63, 3.8) is 0 Å². The Hall–Kier alpha value is -1.43. The quantitative estimate of drug-likeness (QED) is 0.846. The second-order valence-electron chi connectivity index (χ2n) is 4.14. The molecule has 0 unspecified atom stereocenters. The molecule has 0 saturated heterocycles. The average molecular weight is 334 g/mol. The summed E-state index contributed by atoms with van der Waals surface area (Å²) in [6, 6.07) is 3.02. The van der Waals surface area contributed by atoms with Gasteiger partial charge in [-0.05, 0) is 19.1 Å². The number of halogens is 3. The summed E-state index contributed by atoms with van der Waals surface area (Å²) in [7, 11) is 0. The van der Waals surface area contributed by atoms with Gasteiger partial charge in [-0.2, -0.15) is 5.10 Å². The molecule has 0 bridgehead atoms. The molecule has 0 aliphatic carbocycles. The second kappa shape index (κ2) is 5.91. The van der Waals surface area contributed by atoms with Crippen molar-refractivity contribution in [2.75, 3.05) is 11.1 Å². The number of carbonyl (C=O) groups excluding carboxylic acids is 1. The van der Waals surface area contributed by atoms with E-state index in [1.165, 1.54) is 23.0 Å². The molecule has 0 spiro atoms. The standard InChI is InChI=1S/C12H11Cl3N4O/c1-6-9(15)4-17-19(6)5-11(20)18-12-8(14)2-7(13)3-10(12)16/h2-4H,5,16H2,1H3,(H,18,20). The SMILES string of the molecule is Cc1c(Cl)cnn1CC(=O)Nc1c(N)cc(Cl)cc1Cl. The number of nitrogens with zero attached hydrogens (tertiary/aromatic N) is 2. The van der Waals surface area contributed by atoms with Crippen LogP contribution in [0.5, 0.6) is 0 Å². The number of amides is 1. The van der Waals surface area contributed by atoms with Gasteiger partial charge in [0, 0.05) is 5.02 Å². The van der Waals surface area contributed by atoms with E-state index >= 15 is 0 Å². The van der Waals surface area contributed by atoms with Crippen LogP contribution in [0.2, 0.25) is 15.1 Å². The van der Waals surface area contributed by atoms with E-state index in [4.69, 9.17) is 40.5 Å². The largest absolute Gasteiger partial charge is 0.397 e. The summed E-state index contributed by atoms with van der Waals surface area (Å²) in [5.41, 5.74) is 7.10. The Labute approximate surface area is 130 Å². The highest BCUT2D eigenvalue weighted by atomic mass is 35.5. The van der Waals surface area contributed by atoms with Gasteiger partial charge in [-0.25, -0.2) is 0 Å². The minimum absolute atomic E-state index is 0.0109. The van der Waals surface area contributed by atoms with E-state index < -0.39 is 0 Å². The third-order valence-corrected chi connectivity index (χ3v) is 3.57. The predicted molar refractivity (Wildman–Crippen MR) is 81.5 cm³/mol. The summed E-state index contributed by atoms with van der Waals surface area (Å²) in [5.74, 6) is -0.316. The van der Waals surface area contributed by atoms with Gasteiger partial charge in [0.05, 0.1) is 33.3 Å². The number of rotatable bonds is 3. The summed E-state index contributed by atoms with van der Waals surface area (Å²) in [6.45, 7) is 1.78. The van der Waals surface area contributed by atoms with Crippen molar-refractivity contribution in [1.82, 2.24) is 9.78 Å². The van der Waals surface area contributed by atoms with Crippen molar-refractivity contribution in [3.05, 3.63) is 39.1 Å². The maximum atomic E-state index is 12.0. The Morgan fingerprint density at radius 3 is 2.60 bits per heavy atom. The van der Waals surface area contributed by atoms with Crippen LogP contribution in [0.3, 0.4) is 0 Å². The van der Waals surface area contributed by atoms with Crippen molar-refractivity contribution >= 4 is 52.1 Å². The molecular weight excluding hydrogens is 323 g/mol. The molecule has 0 radical (unpaired) electrons. The molecule has 1 amide bonds. The Kier molecular flexibility index (Phi) is 4.42. The van der Waals surface area contributed by atoms with Crippen molar-refractivity contribution in [2.45, 2.75) is 13.5 Å². The number of hydrogen-bond donors (Lipinski definition) is 2. The fraction of sp³-hybridized carbons (Fsp3) is 0.167. The van der Waals surface area contributed by atoms with Crippen LogP contribution < -0.4 is 11.1 Å². The molecule has 106 valence electrons. The smallest absolute Gasteiger partial charge is 0.246 e. The van der Waals surface area contributed by atoms with Gasteiger partial charge in [0.2, 0.25) is 5.91 Å². The Morgan fingerprint density at radius 1 is 1.35 bits per heavy atom. The zero-order chi connectivity index (χ0) is 14.9. The zero-order valence-corrected chi connectivity index (χ0v) is 12.7. The molecule has 5 nitrogen and oxygen atoms in total. The van der Waals surface area contributed by atoms with Crippen LogP contribution >= 0.6 is 34.8 Å². The first-order valence-electron chi connectivity index (χ1n) is 5.60. The summed E-state index contributed by atoms with van der Waals surface area (Å²) in [6.07, 6.45) is 1.48. The monoisotopic (exact) mass is 332 g/mol. The van der Waals surface area contributed by atoms with Crippen LogP contribution in [0.25, 0.3) is 0 Å². The molecule has 8 heteroatoms. The summed E-state index contributed by atoms with van der Waals surface area (Å²) < 4.78 is 1.48. The highest BCUT2D eigenvalue weighted by Crippen LogP contribution is 2.32. The molecule has 3 N–H and O–H groups in total. The van der Waals surface area contributed by atoms with E-state index in [1.807, 2.05) is 0 Å². The number of anilines is 2. The number of carbonyl (C=O) groups is 1. The summed E-state index contributed by atoms with van der Waals surface area (Å²) >= 11 is 17.7. The van der Waals surface area contributed by atoms with Gasteiger partial charge in [-0.15, -0.1) is 0 Å². The molecule has 1 heterocycles. The van der Waals surface area contributed by atoms with Crippen LogP contribution in [-0.2, 0) is 11.3 Å². The number of aromatic nitrogens is 2. The maximum Gasteiger partial charge on any atom is 0.246 e. The Balaban J connectivity index is 2.15. The summed E-state index contributed by atoms with van der Waals surface area (Å²) in [5, 5.41) is 7.81. The van der Waals surface area contributed by atoms with Gasteiger partial charge in [-0.3, -0.25) is 9.48 Å². The maximum absolute atomic E-state index is 12.0. The van der Waals surface area contributed by atoms with E-state index in [1.54, 1.807) is 6.92 Å². The lowest BCUT2D eigenvalue weighted by atomic mass is 10.2. The minimum atomic E-state index is -0.316. The van der Waals surface area contributed by atoms with Gasteiger partial charge in [0.25, 0.3) is 0 Å². The lowest BCUT2D eigenvalue weighted by Crippen LogP contribution is -2.21. The molecule has 0 fully saturated rings. The molecule has 0 atom stereocenters.